The zero-order valence-corrected chi connectivity index (χ0v) is 7.32. The maximum absolute atomic E-state index is 10.8. The van der Waals surface area contributed by atoms with E-state index in [0.29, 0.717) is 0 Å². The second-order valence-electron chi connectivity index (χ2n) is 2.13. The van der Waals surface area contributed by atoms with Crippen LogP contribution in [0, 0.1) is 0 Å². The van der Waals surface area contributed by atoms with Crippen LogP contribution in [0.1, 0.15) is 12.8 Å². The van der Waals surface area contributed by atoms with Crippen molar-refractivity contribution in [3.8, 4) is 0 Å². The molecule has 0 aromatic carbocycles. The fraction of sp³-hybridized carbons (Fsp3) is 0.333. The van der Waals surface area contributed by atoms with Gasteiger partial charge in [-0.05, 0) is 0 Å². The first-order valence-electron chi connectivity index (χ1n) is 3.77. The van der Waals surface area contributed by atoms with E-state index in [1.54, 1.807) is 0 Å². The molecule has 13 heavy (non-hydrogen) atoms. The van der Waals surface area contributed by atoms with E-state index in [1.807, 2.05) is 0 Å². The Labute approximate surface area is 76.8 Å². The Kier molecular flexibility index (Phi) is 6.23. The van der Waals surface area contributed by atoms with E-state index in [-0.39, 0.29) is 19.4 Å². The van der Waals surface area contributed by atoms with Crippen molar-refractivity contribution in [3.63, 3.8) is 0 Å². The normalized spacial score (nSPS) is 8.62. The molecule has 0 fully saturated rings. The Morgan fingerprint density at radius 2 is 1.77 bits per heavy atom. The molecule has 0 aromatic rings. The summed E-state index contributed by atoms with van der Waals surface area (Å²) in [5.74, 6) is -0.938. The summed E-state index contributed by atoms with van der Waals surface area (Å²) in [6.45, 7) is 6.74. The third kappa shape index (κ3) is 6.80. The average molecular weight is 184 g/mol. The molecule has 0 aliphatic rings. The molecular weight excluding hydrogens is 172 g/mol. The van der Waals surface area contributed by atoms with Crippen LogP contribution in [-0.2, 0) is 19.1 Å². The molecule has 4 heteroatoms. The van der Waals surface area contributed by atoms with Gasteiger partial charge >= 0.3 is 11.9 Å². The van der Waals surface area contributed by atoms with E-state index in [4.69, 9.17) is 0 Å². The lowest BCUT2D eigenvalue weighted by Crippen LogP contribution is -2.08. The molecule has 0 unspecified atom stereocenters. The average Bonchev–Trinajstić information content (AvgIpc) is 2.12. The Balaban J connectivity index is 3.51. The summed E-state index contributed by atoms with van der Waals surface area (Å²) in [5, 5.41) is 0. The van der Waals surface area contributed by atoms with Gasteiger partial charge in [-0.15, -0.1) is 0 Å². The Hall–Kier alpha value is -1.58. The van der Waals surface area contributed by atoms with Crippen molar-refractivity contribution >= 4 is 11.9 Å². The zero-order valence-electron chi connectivity index (χ0n) is 7.32. The van der Waals surface area contributed by atoms with Crippen LogP contribution in [0.25, 0.3) is 0 Å². The van der Waals surface area contributed by atoms with E-state index in [1.165, 1.54) is 6.08 Å². The van der Waals surface area contributed by atoms with Crippen molar-refractivity contribution in [1.29, 1.82) is 0 Å². The molecular formula is C9H12O4. The van der Waals surface area contributed by atoms with Crippen molar-refractivity contribution in [1.82, 2.24) is 0 Å². The highest BCUT2D eigenvalue weighted by molar-refractivity contribution is 5.77. The standard InChI is InChI=1S/C9H12O4/c1-3-7-13-9(11)6-5-8(10)12-4-2/h3-4H,1-2,5-7H2. The first-order valence-corrected chi connectivity index (χ1v) is 3.77. The Morgan fingerprint density at radius 3 is 2.31 bits per heavy atom. The molecule has 0 bridgehead atoms. The largest absolute Gasteiger partial charge is 0.461 e. The van der Waals surface area contributed by atoms with E-state index in [2.05, 4.69) is 22.6 Å². The van der Waals surface area contributed by atoms with Crippen LogP contribution in [-0.4, -0.2) is 18.5 Å². The monoisotopic (exact) mass is 184 g/mol. The van der Waals surface area contributed by atoms with E-state index >= 15 is 0 Å². The first kappa shape index (κ1) is 11.4. The fourth-order valence-electron chi connectivity index (χ4n) is 0.580. The van der Waals surface area contributed by atoms with E-state index < -0.39 is 11.9 Å². The van der Waals surface area contributed by atoms with Crippen molar-refractivity contribution in [2.75, 3.05) is 6.61 Å². The van der Waals surface area contributed by atoms with Gasteiger partial charge in [0.15, 0.2) is 0 Å². The summed E-state index contributed by atoms with van der Waals surface area (Å²) < 4.78 is 9.02. The lowest BCUT2D eigenvalue weighted by molar-refractivity contribution is -0.147. The predicted molar refractivity (Wildman–Crippen MR) is 46.7 cm³/mol. The van der Waals surface area contributed by atoms with Crippen LogP contribution in [0.3, 0.4) is 0 Å². The van der Waals surface area contributed by atoms with E-state index in [9.17, 15) is 9.59 Å². The number of esters is 2. The summed E-state index contributed by atoms with van der Waals surface area (Å²) in [6, 6.07) is 0. The highest BCUT2D eigenvalue weighted by Crippen LogP contribution is 1.95. The number of hydrogen-bond donors (Lipinski definition) is 0. The van der Waals surface area contributed by atoms with Gasteiger partial charge in [-0.3, -0.25) is 9.59 Å². The molecule has 4 nitrogen and oxygen atoms in total. The van der Waals surface area contributed by atoms with Crippen molar-refractivity contribution in [2.45, 2.75) is 12.8 Å². The number of carbonyl (C=O) groups excluding carboxylic acids is 2. The SMILES string of the molecule is C=CCOC(=O)CCC(=O)OC=C. The molecule has 0 spiro atoms. The highest BCUT2D eigenvalue weighted by atomic mass is 16.5. The molecule has 0 radical (unpaired) electrons. The van der Waals surface area contributed by atoms with Crippen LogP contribution in [0.5, 0.6) is 0 Å². The molecule has 0 atom stereocenters. The summed E-state index contributed by atoms with van der Waals surface area (Å²) in [5.41, 5.74) is 0. The lowest BCUT2D eigenvalue weighted by atomic mass is 10.3. The highest BCUT2D eigenvalue weighted by Gasteiger charge is 2.06. The molecule has 0 saturated carbocycles. The summed E-state index contributed by atoms with van der Waals surface area (Å²) >= 11 is 0. The molecule has 0 aliphatic heterocycles. The molecule has 0 heterocycles. The van der Waals surface area contributed by atoms with Crippen molar-refractivity contribution in [2.24, 2.45) is 0 Å². The van der Waals surface area contributed by atoms with Gasteiger partial charge in [0, 0.05) is 0 Å². The number of hydrogen-bond acceptors (Lipinski definition) is 4. The third-order valence-electron chi connectivity index (χ3n) is 1.11. The zero-order chi connectivity index (χ0) is 10.1. The molecule has 0 saturated heterocycles. The molecule has 0 aliphatic carbocycles. The second-order valence-corrected chi connectivity index (χ2v) is 2.13. The van der Waals surface area contributed by atoms with Crippen LogP contribution in [0.4, 0.5) is 0 Å². The molecule has 0 amide bonds. The van der Waals surface area contributed by atoms with Gasteiger partial charge in [-0.2, -0.15) is 0 Å². The minimum absolute atomic E-state index is 0.00198. The maximum atomic E-state index is 10.8. The van der Waals surface area contributed by atoms with Gasteiger partial charge in [0.1, 0.15) is 6.61 Å². The van der Waals surface area contributed by atoms with Gasteiger partial charge in [-0.1, -0.05) is 19.2 Å². The van der Waals surface area contributed by atoms with Crippen LogP contribution >= 0.6 is 0 Å². The quantitative estimate of drug-likeness (QED) is 0.353. The molecule has 0 aromatic heterocycles. The van der Waals surface area contributed by atoms with E-state index in [0.717, 1.165) is 6.26 Å². The van der Waals surface area contributed by atoms with Gasteiger partial charge in [-0.25, -0.2) is 0 Å². The molecule has 0 N–H and O–H groups in total. The minimum atomic E-state index is -0.495. The number of rotatable bonds is 6. The Bertz CT molecular complexity index is 208. The van der Waals surface area contributed by atoms with Crippen LogP contribution in [0.2, 0.25) is 0 Å². The summed E-state index contributed by atoms with van der Waals surface area (Å²) in [7, 11) is 0. The van der Waals surface area contributed by atoms with Crippen molar-refractivity contribution in [3.05, 3.63) is 25.5 Å². The smallest absolute Gasteiger partial charge is 0.311 e. The van der Waals surface area contributed by atoms with Gasteiger partial charge in [0.25, 0.3) is 0 Å². The van der Waals surface area contributed by atoms with Gasteiger partial charge in [0.2, 0.25) is 0 Å². The second kappa shape index (κ2) is 7.09. The molecule has 72 valence electrons. The first-order chi connectivity index (χ1) is 6.20. The maximum Gasteiger partial charge on any atom is 0.311 e. The number of ether oxygens (including phenoxy) is 2. The Morgan fingerprint density at radius 1 is 1.15 bits per heavy atom. The minimum Gasteiger partial charge on any atom is -0.461 e. The fourth-order valence-corrected chi connectivity index (χ4v) is 0.580. The van der Waals surface area contributed by atoms with Gasteiger partial charge in [0.05, 0.1) is 19.1 Å². The third-order valence-corrected chi connectivity index (χ3v) is 1.11. The van der Waals surface area contributed by atoms with Crippen LogP contribution < -0.4 is 0 Å². The summed E-state index contributed by atoms with van der Waals surface area (Å²) in [4.78, 5) is 21.5. The topological polar surface area (TPSA) is 52.6 Å². The van der Waals surface area contributed by atoms with Crippen molar-refractivity contribution < 1.29 is 19.1 Å². The van der Waals surface area contributed by atoms with Gasteiger partial charge < -0.3 is 9.47 Å². The van der Waals surface area contributed by atoms with Crippen LogP contribution in [0.15, 0.2) is 25.5 Å². The molecule has 0 rings (SSSR count). The lowest BCUT2D eigenvalue weighted by Gasteiger charge is -2.00. The summed E-state index contributed by atoms with van der Waals surface area (Å²) in [6.07, 6.45) is 2.50. The number of carbonyl (C=O) groups is 2. The predicted octanol–water partition coefficient (Wildman–Crippen LogP) is 1.18.